The molecule has 1 aliphatic heterocycles. The molecule has 1 aliphatic carbocycles. The highest BCUT2D eigenvalue weighted by Crippen LogP contribution is 2.29. The first-order chi connectivity index (χ1) is 13.0. The maximum Gasteiger partial charge on any atom is 0.246 e. The molecule has 0 bridgehead atoms. The summed E-state index contributed by atoms with van der Waals surface area (Å²) in [5.41, 5.74) is 3.27. The third-order valence-corrected chi connectivity index (χ3v) is 7.23. The van der Waals surface area contributed by atoms with Gasteiger partial charge in [0.2, 0.25) is 10.0 Å². The Kier molecular flexibility index (Phi) is 4.77. The van der Waals surface area contributed by atoms with E-state index in [1.807, 2.05) is 13.0 Å². The average Bonchev–Trinajstić information content (AvgIpc) is 3.16. The van der Waals surface area contributed by atoms with Crippen LogP contribution in [0.4, 0.5) is 5.82 Å². The number of ether oxygens (including phenoxy) is 1. The second kappa shape index (κ2) is 7.09. The molecular weight excluding hydrogens is 364 g/mol. The zero-order valence-corrected chi connectivity index (χ0v) is 16.5. The number of methoxy groups -OCH3 is 1. The first kappa shape index (κ1) is 18.2. The van der Waals surface area contributed by atoms with E-state index in [4.69, 9.17) is 4.74 Å². The van der Waals surface area contributed by atoms with Gasteiger partial charge in [0.05, 0.1) is 12.8 Å². The number of piperazine rings is 1. The third kappa shape index (κ3) is 3.39. The van der Waals surface area contributed by atoms with E-state index in [0.717, 1.165) is 36.3 Å². The van der Waals surface area contributed by atoms with E-state index in [1.165, 1.54) is 17.0 Å². The van der Waals surface area contributed by atoms with Crippen LogP contribution in [-0.4, -0.2) is 56.2 Å². The smallest absolute Gasteiger partial charge is 0.246 e. The average molecular weight is 388 g/mol. The number of rotatable bonds is 4. The SMILES string of the molecule is COc1ccc(C)cc1S(=O)(=O)N1CCN(c2cc3c(nn2)CCC3)CC1. The molecule has 1 aromatic carbocycles. The molecule has 8 heteroatoms. The number of aryl methyl sites for hydroxylation is 3. The standard InChI is InChI=1S/C19H24N4O3S/c1-14-6-7-17(26-2)18(12-14)27(24,25)23-10-8-22(9-11-23)19-13-15-4-3-5-16(15)20-21-19/h6-7,12-13H,3-5,8-11H2,1-2H3. The van der Waals surface area contributed by atoms with Crippen molar-refractivity contribution in [2.45, 2.75) is 31.1 Å². The molecule has 144 valence electrons. The van der Waals surface area contributed by atoms with Crippen molar-refractivity contribution < 1.29 is 13.2 Å². The molecule has 7 nitrogen and oxygen atoms in total. The molecule has 4 rings (SSSR count). The van der Waals surface area contributed by atoms with Crippen molar-refractivity contribution in [1.82, 2.24) is 14.5 Å². The van der Waals surface area contributed by atoms with E-state index in [0.29, 0.717) is 31.9 Å². The normalized spacial score (nSPS) is 17.8. The van der Waals surface area contributed by atoms with Gasteiger partial charge in [-0.25, -0.2) is 8.42 Å². The van der Waals surface area contributed by atoms with Gasteiger partial charge in [0.15, 0.2) is 5.82 Å². The van der Waals surface area contributed by atoms with Crippen LogP contribution in [0.3, 0.4) is 0 Å². The zero-order valence-electron chi connectivity index (χ0n) is 15.7. The number of benzene rings is 1. The molecular formula is C19H24N4O3S. The van der Waals surface area contributed by atoms with Crippen molar-refractivity contribution in [1.29, 1.82) is 0 Å². The number of fused-ring (bicyclic) bond motifs is 1. The van der Waals surface area contributed by atoms with Crippen molar-refractivity contribution >= 4 is 15.8 Å². The molecule has 0 atom stereocenters. The molecule has 0 amide bonds. The van der Waals surface area contributed by atoms with Gasteiger partial charge in [0.1, 0.15) is 10.6 Å². The van der Waals surface area contributed by atoms with Gasteiger partial charge in [-0.2, -0.15) is 9.40 Å². The lowest BCUT2D eigenvalue weighted by molar-refractivity contribution is 0.373. The summed E-state index contributed by atoms with van der Waals surface area (Å²) in [5, 5.41) is 8.69. The number of nitrogens with zero attached hydrogens (tertiary/aromatic N) is 4. The van der Waals surface area contributed by atoms with Crippen molar-refractivity contribution in [3.8, 4) is 5.75 Å². The van der Waals surface area contributed by atoms with Crippen molar-refractivity contribution in [3.63, 3.8) is 0 Å². The second-order valence-corrected chi connectivity index (χ2v) is 8.98. The molecule has 1 aromatic heterocycles. The van der Waals surface area contributed by atoms with E-state index in [1.54, 1.807) is 12.1 Å². The summed E-state index contributed by atoms with van der Waals surface area (Å²) in [5.74, 6) is 1.23. The van der Waals surface area contributed by atoms with Gasteiger partial charge in [-0.1, -0.05) is 6.07 Å². The van der Waals surface area contributed by atoms with Gasteiger partial charge in [-0.3, -0.25) is 0 Å². The van der Waals surface area contributed by atoms with Crippen LogP contribution in [-0.2, 0) is 22.9 Å². The van der Waals surface area contributed by atoms with E-state index in [-0.39, 0.29) is 4.90 Å². The summed E-state index contributed by atoms with van der Waals surface area (Å²) in [4.78, 5) is 2.35. The predicted octanol–water partition coefficient (Wildman–Crippen LogP) is 1.79. The summed E-state index contributed by atoms with van der Waals surface area (Å²) < 4.78 is 33.0. The number of sulfonamides is 1. The molecule has 0 spiro atoms. The van der Waals surface area contributed by atoms with Gasteiger partial charge in [-0.15, -0.1) is 5.10 Å². The van der Waals surface area contributed by atoms with E-state index < -0.39 is 10.0 Å². The molecule has 1 fully saturated rings. The lowest BCUT2D eigenvalue weighted by atomic mass is 10.2. The second-order valence-electron chi connectivity index (χ2n) is 7.07. The van der Waals surface area contributed by atoms with E-state index in [2.05, 4.69) is 21.2 Å². The highest BCUT2D eigenvalue weighted by atomic mass is 32.2. The third-order valence-electron chi connectivity index (χ3n) is 5.31. The fourth-order valence-electron chi connectivity index (χ4n) is 3.75. The monoisotopic (exact) mass is 388 g/mol. The minimum atomic E-state index is -3.60. The van der Waals surface area contributed by atoms with Crippen LogP contribution >= 0.6 is 0 Å². The number of hydrogen-bond acceptors (Lipinski definition) is 6. The van der Waals surface area contributed by atoms with Crippen LogP contribution in [0.15, 0.2) is 29.2 Å². The Balaban J connectivity index is 1.51. The van der Waals surface area contributed by atoms with Crippen LogP contribution in [0.1, 0.15) is 23.2 Å². The first-order valence-corrected chi connectivity index (χ1v) is 10.7. The topological polar surface area (TPSA) is 75.6 Å². The van der Waals surface area contributed by atoms with Crippen LogP contribution in [0.25, 0.3) is 0 Å². The molecule has 1 saturated heterocycles. The highest BCUT2D eigenvalue weighted by Gasteiger charge is 2.31. The maximum absolute atomic E-state index is 13.1. The maximum atomic E-state index is 13.1. The number of anilines is 1. The summed E-state index contributed by atoms with van der Waals surface area (Å²) in [6.45, 7) is 3.90. The Bertz CT molecular complexity index is 953. The van der Waals surface area contributed by atoms with Gasteiger partial charge < -0.3 is 9.64 Å². The van der Waals surface area contributed by atoms with Gasteiger partial charge >= 0.3 is 0 Å². The highest BCUT2D eigenvalue weighted by molar-refractivity contribution is 7.89. The minimum Gasteiger partial charge on any atom is -0.495 e. The first-order valence-electron chi connectivity index (χ1n) is 9.24. The minimum absolute atomic E-state index is 0.232. The lowest BCUT2D eigenvalue weighted by Crippen LogP contribution is -2.49. The molecule has 0 saturated carbocycles. The largest absolute Gasteiger partial charge is 0.495 e. The Morgan fingerprint density at radius 3 is 2.56 bits per heavy atom. The molecule has 2 aliphatic rings. The van der Waals surface area contributed by atoms with Gasteiger partial charge in [0.25, 0.3) is 0 Å². The Morgan fingerprint density at radius 1 is 1.04 bits per heavy atom. The summed E-state index contributed by atoms with van der Waals surface area (Å²) >= 11 is 0. The molecule has 2 aromatic rings. The summed E-state index contributed by atoms with van der Waals surface area (Å²) in [6, 6.07) is 7.34. The molecule has 0 radical (unpaired) electrons. The van der Waals surface area contributed by atoms with Crippen molar-refractivity contribution in [2.24, 2.45) is 0 Å². The van der Waals surface area contributed by atoms with Crippen LogP contribution in [0, 0.1) is 6.92 Å². The predicted molar refractivity (Wildman–Crippen MR) is 103 cm³/mol. The molecule has 2 heterocycles. The summed E-state index contributed by atoms with van der Waals surface area (Å²) in [6.07, 6.45) is 3.20. The van der Waals surface area contributed by atoms with Crippen LogP contribution < -0.4 is 9.64 Å². The van der Waals surface area contributed by atoms with Crippen molar-refractivity contribution in [2.75, 3.05) is 38.2 Å². The number of hydrogen-bond donors (Lipinski definition) is 0. The quantitative estimate of drug-likeness (QED) is 0.795. The zero-order chi connectivity index (χ0) is 19.0. The van der Waals surface area contributed by atoms with Crippen LogP contribution in [0.5, 0.6) is 5.75 Å². The molecule has 0 N–H and O–H groups in total. The fraction of sp³-hybridized carbons (Fsp3) is 0.474. The fourth-order valence-corrected chi connectivity index (χ4v) is 5.42. The van der Waals surface area contributed by atoms with Crippen LogP contribution in [0.2, 0.25) is 0 Å². The molecule has 0 unspecified atom stereocenters. The Morgan fingerprint density at radius 2 is 1.81 bits per heavy atom. The Labute approximate surface area is 160 Å². The summed E-state index contributed by atoms with van der Waals surface area (Å²) in [7, 11) is -2.10. The van der Waals surface area contributed by atoms with Gasteiger partial charge in [0, 0.05) is 26.2 Å². The Hall–Kier alpha value is -2.19. The van der Waals surface area contributed by atoms with E-state index in [9.17, 15) is 8.42 Å². The van der Waals surface area contributed by atoms with Crippen molar-refractivity contribution in [3.05, 3.63) is 41.1 Å². The van der Waals surface area contributed by atoms with E-state index >= 15 is 0 Å². The molecule has 27 heavy (non-hydrogen) atoms. The van der Waals surface area contributed by atoms with Gasteiger partial charge in [-0.05, 0) is 55.5 Å². The lowest BCUT2D eigenvalue weighted by Gasteiger charge is -2.34. The number of aromatic nitrogens is 2.